The molecule has 12 heteroatoms. The van der Waals surface area contributed by atoms with Crippen molar-refractivity contribution in [3.8, 4) is 0 Å². The highest BCUT2D eigenvalue weighted by Gasteiger charge is 2.43. The van der Waals surface area contributed by atoms with Crippen LogP contribution in [0.1, 0.15) is 86.6 Å². The second-order valence-corrected chi connectivity index (χ2v) is 15.3. The molecule has 3 amide bonds. The molecular weight excluding hydrogens is 650 g/mol. The molecule has 1 fully saturated rings. The van der Waals surface area contributed by atoms with Gasteiger partial charge in [-0.3, -0.25) is 14.4 Å². The van der Waals surface area contributed by atoms with Crippen molar-refractivity contribution in [2.75, 3.05) is 34.9 Å². The molecule has 4 N–H and O–H groups in total. The van der Waals surface area contributed by atoms with Crippen LogP contribution in [0.15, 0.2) is 30.3 Å². The maximum absolute atomic E-state index is 14.2. The number of ether oxygens (including phenoxy) is 2. The summed E-state index contributed by atoms with van der Waals surface area (Å²) in [5.41, 5.74) is 0.557. The average Bonchev–Trinajstić information content (AvgIpc) is 3.59. The fraction of sp³-hybridized carbons (Fsp3) is 0.744. The standard InChI is InChI=1S/C39H67N5O7/c1-13-25(4)34(43(10)37(47)33(24(2)3)41-27(6)39(7,8)40-9)31(50-11)23-32(45)44-21-17-20-30(44)35(51-12)26(5)36(46)42-29(38(48)49)22-28-18-15-14-16-19-28/h14-16,18-19,24-27,29-31,33-35,40-41H,13,17,20-23H2,1-12H3,(H,42,46)(H,48,49)/t25-,26+,27?,29-,30-,31+,33-,34-,35+/m0/s1. The molecule has 1 heterocycles. The second-order valence-electron chi connectivity index (χ2n) is 15.3. The van der Waals surface area contributed by atoms with E-state index in [1.807, 2.05) is 58.3 Å². The Morgan fingerprint density at radius 3 is 2.18 bits per heavy atom. The molecule has 12 nitrogen and oxygen atoms in total. The largest absolute Gasteiger partial charge is 0.480 e. The summed E-state index contributed by atoms with van der Waals surface area (Å²) < 4.78 is 11.9. The van der Waals surface area contributed by atoms with E-state index < -0.39 is 42.1 Å². The predicted molar refractivity (Wildman–Crippen MR) is 200 cm³/mol. The van der Waals surface area contributed by atoms with Gasteiger partial charge in [0.25, 0.3) is 0 Å². The van der Waals surface area contributed by atoms with Crippen LogP contribution < -0.4 is 16.0 Å². The summed E-state index contributed by atoms with van der Waals surface area (Å²) in [5.74, 6) is -2.41. The van der Waals surface area contributed by atoms with E-state index in [0.29, 0.717) is 13.0 Å². The summed E-state index contributed by atoms with van der Waals surface area (Å²) in [7, 11) is 6.82. The van der Waals surface area contributed by atoms with Gasteiger partial charge in [-0.25, -0.2) is 4.79 Å². The molecule has 1 aromatic carbocycles. The highest BCUT2D eigenvalue weighted by Crippen LogP contribution is 2.30. The summed E-state index contributed by atoms with van der Waals surface area (Å²) >= 11 is 0. The topological polar surface area (TPSA) is 150 Å². The van der Waals surface area contributed by atoms with Crippen LogP contribution in [-0.4, -0.2) is 121 Å². The lowest BCUT2D eigenvalue weighted by molar-refractivity contribution is -0.148. The molecule has 0 aliphatic carbocycles. The molecule has 290 valence electrons. The number of aliphatic carboxylic acids is 1. The zero-order valence-electron chi connectivity index (χ0n) is 33.2. The summed E-state index contributed by atoms with van der Waals surface area (Å²) in [6.07, 6.45) is 1.14. The average molecular weight is 718 g/mol. The number of benzene rings is 1. The SMILES string of the molecule is CC[C@H](C)[C@@H]([C@@H](CC(=O)N1CCC[C@H]1[C@H](OC)[C@@H](C)C(=O)N[C@@H](Cc1ccccc1)C(=O)O)OC)N(C)C(=O)[C@@H](NC(C)C(C)(C)NC)C(C)C. The van der Waals surface area contributed by atoms with Gasteiger partial charge >= 0.3 is 5.97 Å². The lowest BCUT2D eigenvalue weighted by atomic mass is 9.88. The number of carbonyl (C=O) groups is 4. The number of nitrogens with zero attached hydrogens (tertiary/aromatic N) is 2. The van der Waals surface area contributed by atoms with Crippen molar-refractivity contribution in [1.29, 1.82) is 0 Å². The quantitative estimate of drug-likeness (QED) is 0.149. The van der Waals surface area contributed by atoms with Crippen molar-refractivity contribution in [3.05, 3.63) is 35.9 Å². The zero-order valence-corrected chi connectivity index (χ0v) is 33.2. The Labute approximate surface area is 306 Å². The Hall–Kier alpha value is -3.06. The van der Waals surface area contributed by atoms with Gasteiger partial charge in [0.2, 0.25) is 17.7 Å². The summed E-state index contributed by atoms with van der Waals surface area (Å²) in [4.78, 5) is 57.4. The summed E-state index contributed by atoms with van der Waals surface area (Å²) in [6, 6.07) is 6.85. The fourth-order valence-electron chi connectivity index (χ4n) is 7.12. The maximum Gasteiger partial charge on any atom is 0.326 e. The minimum absolute atomic E-state index is 0.00160. The first kappa shape index (κ1) is 44.1. The fourth-order valence-corrected chi connectivity index (χ4v) is 7.12. The van der Waals surface area contributed by atoms with E-state index in [0.717, 1.165) is 18.4 Å². The Morgan fingerprint density at radius 2 is 1.67 bits per heavy atom. The van der Waals surface area contributed by atoms with Crippen LogP contribution in [0.25, 0.3) is 0 Å². The third-order valence-corrected chi connectivity index (χ3v) is 11.2. The van der Waals surface area contributed by atoms with E-state index in [-0.39, 0.29) is 60.2 Å². The van der Waals surface area contributed by atoms with Crippen molar-refractivity contribution in [3.63, 3.8) is 0 Å². The molecule has 0 saturated carbocycles. The van der Waals surface area contributed by atoms with Gasteiger partial charge in [0.15, 0.2) is 0 Å². The number of nitrogens with one attached hydrogen (secondary N) is 3. The number of likely N-dealkylation sites (N-methyl/N-ethyl adjacent to an activating group) is 2. The summed E-state index contributed by atoms with van der Waals surface area (Å²) in [6.45, 7) is 16.7. The van der Waals surface area contributed by atoms with Crippen LogP contribution >= 0.6 is 0 Å². The smallest absolute Gasteiger partial charge is 0.326 e. The number of carbonyl (C=O) groups excluding carboxylic acids is 3. The molecule has 0 spiro atoms. The van der Waals surface area contributed by atoms with Crippen molar-refractivity contribution in [2.45, 2.75) is 135 Å². The third kappa shape index (κ3) is 11.7. The molecule has 2 rings (SSSR count). The number of methoxy groups -OCH3 is 2. The van der Waals surface area contributed by atoms with Gasteiger partial charge in [0.1, 0.15) is 6.04 Å². The number of carboxylic acid groups (broad SMARTS) is 1. The van der Waals surface area contributed by atoms with Crippen LogP contribution in [0.2, 0.25) is 0 Å². The highest BCUT2D eigenvalue weighted by atomic mass is 16.5. The molecule has 1 saturated heterocycles. The van der Waals surface area contributed by atoms with Crippen molar-refractivity contribution in [1.82, 2.24) is 25.8 Å². The van der Waals surface area contributed by atoms with Gasteiger partial charge in [-0.2, -0.15) is 0 Å². The Kier molecular flexibility index (Phi) is 17.5. The Morgan fingerprint density at radius 1 is 1.04 bits per heavy atom. The number of amides is 3. The Bertz CT molecular complexity index is 1260. The van der Waals surface area contributed by atoms with Gasteiger partial charge in [0, 0.05) is 45.8 Å². The molecule has 0 radical (unpaired) electrons. The van der Waals surface area contributed by atoms with E-state index in [4.69, 9.17) is 9.47 Å². The number of rotatable bonds is 21. The van der Waals surface area contributed by atoms with Crippen LogP contribution in [0, 0.1) is 17.8 Å². The Balaban J connectivity index is 2.26. The monoisotopic (exact) mass is 718 g/mol. The van der Waals surface area contributed by atoms with E-state index in [1.165, 1.54) is 7.11 Å². The minimum Gasteiger partial charge on any atom is -0.480 e. The predicted octanol–water partition coefficient (Wildman–Crippen LogP) is 3.72. The lowest BCUT2D eigenvalue weighted by Gasteiger charge is -2.42. The molecule has 51 heavy (non-hydrogen) atoms. The van der Waals surface area contributed by atoms with E-state index in [2.05, 4.69) is 50.6 Å². The molecule has 1 aliphatic rings. The molecule has 1 aliphatic heterocycles. The van der Waals surface area contributed by atoms with Crippen molar-refractivity contribution < 1.29 is 33.8 Å². The van der Waals surface area contributed by atoms with Gasteiger partial charge in [-0.05, 0) is 58.1 Å². The van der Waals surface area contributed by atoms with Crippen LogP contribution in [0.4, 0.5) is 0 Å². The van der Waals surface area contributed by atoms with Gasteiger partial charge < -0.3 is 40.3 Å². The van der Waals surface area contributed by atoms with Crippen LogP contribution in [-0.2, 0) is 35.1 Å². The molecule has 0 aromatic heterocycles. The second kappa shape index (κ2) is 20.3. The van der Waals surface area contributed by atoms with E-state index in [1.54, 1.807) is 23.8 Å². The number of hydrogen-bond acceptors (Lipinski definition) is 8. The molecule has 1 unspecified atom stereocenters. The minimum atomic E-state index is -1.12. The highest BCUT2D eigenvalue weighted by molar-refractivity contribution is 5.86. The molecule has 0 bridgehead atoms. The molecule has 9 atom stereocenters. The first-order chi connectivity index (χ1) is 23.9. The summed E-state index contributed by atoms with van der Waals surface area (Å²) in [5, 5.41) is 19.5. The third-order valence-electron chi connectivity index (χ3n) is 11.2. The molecular formula is C39H67N5O7. The number of likely N-dealkylation sites (tertiary alicyclic amines) is 1. The van der Waals surface area contributed by atoms with E-state index in [9.17, 15) is 24.3 Å². The van der Waals surface area contributed by atoms with Crippen LogP contribution in [0.3, 0.4) is 0 Å². The maximum atomic E-state index is 14.2. The number of hydrogen-bond donors (Lipinski definition) is 4. The number of carboxylic acids is 1. The lowest BCUT2D eigenvalue weighted by Crippen LogP contribution is -2.62. The molecule has 1 aromatic rings. The zero-order chi connectivity index (χ0) is 38.6. The van der Waals surface area contributed by atoms with Crippen molar-refractivity contribution in [2.24, 2.45) is 17.8 Å². The van der Waals surface area contributed by atoms with Gasteiger partial charge in [-0.1, -0.05) is 71.4 Å². The van der Waals surface area contributed by atoms with E-state index >= 15 is 0 Å². The van der Waals surface area contributed by atoms with Crippen molar-refractivity contribution >= 4 is 23.7 Å². The van der Waals surface area contributed by atoms with Gasteiger partial charge in [0.05, 0.1) is 42.7 Å². The normalized spacial score (nSPS) is 19.8. The first-order valence-electron chi connectivity index (χ1n) is 18.6. The van der Waals surface area contributed by atoms with Gasteiger partial charge in [-0.15, -0.1) is 0 Å². The first-order valence-corrected chi connectivity index (χ1v) is 18.6. The van der Waals surface area contributed by atoms with Crippen LogP contribution in [0.5, 0.6) is 0 Å².